The fourth-order valence-electron chi connectivity index (χ4n) is 3.65. The van der Waals surface area contributed by atoms with Crippen molar-refractivity contribution in [2.45, 2.75) is 65.6 Å². The highest BCUT2D eigenvalue weighted by atomic mass is 16.2. The Morgan fingerprint density at radius 2 is 2.20 bits per heavy atom. The SMILES string of the molecule is CCn1cc(CNC(=O)N2CCCCCC2c2c(C)n[nH]c2C)cn1. The van der Waals surface area contributed by atoms with Crippen LogP contribution in [0.1, 0.15) is 61.2 Å². The molecule has 1 atom stereocenters. The standard InChI is InChI=1S/C18H28N6O/c1-4-23-12-15(11-20-23)10-19-18(25)24-9-7-5-6-8-16(24)17-13(2)21-22-14(17)3/h11-12,16H,4-10H2,1-3H3,(H,19,25)(H,21,22). The number of nitrogens with one attached hydrogen (secondary N) is 2. The van der Waals surface area contributed by atoms with E-state index in [9.17, 15) is 4.79 Å². The van der Waals surface area contributed by atoms with Crippen molar-refractivity contribution in [2.75, 3.05) is 6.54 Å². The van der Waals surface area contributed by atoms with Crippen LogP contribution in [0.25, 0.3) is 0 Å². The van der Waals surface area contributed by atoms with Gasteiger partial charge in [-0.05, 0) is 33.6 Å². The average Bonchev–Trinajstić information content (AvgIpc) is 3.12. The summed E-state index contributed by atoms with van der Waals surface area (Å²) in [6, 6.07) is 0.0933. The maximum absolute atomic E-state index is 12.9. The van der Waals surface area contributed by atoms with Crippen LogP contribution in [0.5, 0.6) is 0 Å². The molecule has 0 saturated carbocycles. The monoisotopic (exact) mass is 344 g/mol. The molecule has 1 aliphatic heterocycles. The highest BCUT2D eigenvalue weighted by molar-refractivity contribution is 5.75. The van der Waals surface area contributed by atoms with E-state index in [0.717, 1.165) is 49.3 Å². The Hall–Kier alpha value is -2.31. The molecule has 3 heterocycles. The molecule has 2 N–H and O–H groups in total. The minimum absolute atomic E-state index is 0.00357. The fraction of sp³-hybridized carbons (Fsp3) is 0.611. The summed E-state index contributed by atoms with van der Waals surface area (Å²) in [6.07, 6.45) is 8.13. The number of carbonyl (C=O) groups is 1. The topological polar surface area (TPSA) is 78.8 Å². The molecule has 25 heavy (non-hydrogen) atoms. The summed E-state index contributed by atoms with van der Waals surface area (Å²) in [5.74, 6) is 0. The molecule has 1 fully saturated rings. The first-order chi connectivity index (χ1) is 12.1. The molecule has 0 aromatic carbocycles. The Morgan fingerprint density at radius 1 is 1.36 bits per heavy atom. The third kappa shape index (κ3) is 3.86. The molecule has 1 saturated heterocycles. The molecule has 7 heteroatoms. The summed E-state index contributed by atoms with van der Waals surface area (Å²) in [7, 11) is 0. The number of hydrogen-bond donors (Lipinski definition) is 2. The molecule has 0 aliphatic carbocycles. The number of nitrogens with zero attached hydrogens (tertiary/aromatic N) is 4. The number of carbonyl (C=O) groups excluding carboxylic acids is 1. The van der Waals surface area contributed by atoms with E-state index in [4.69, 9.17) is 0 Å². The molecule has 2 aromatic heterocycles. The van der Waals surface area contributed by atoms with Gasteiger partial charge in [-0.1, -0.05) is 12.8 Å². The lowest BCUT2D eigenvalue weighted by Crippen LogP contribution is -2.42. The van der Waals surface area contributed by atoms with Crippen molar-refractivity contribution < 1.29 is 4.79 Å². The van der Waals surface area contributed by atoms with Crippen molar-refractivity contribution in [1.82, 2.24) is 30.2 Å². The van der Waals surface area contributed by atoms with E-state index in [1.165, 1.54) is 12.0 Å². The van der Waals surface area contributed by atoms with Gasteiger partial charge >= 0.3 is 6.03 Å². The lowest BCUT2D eigenvalue weighted by atomic mass is 9.99. The van der Waals surface area contributed by atoms with Crippen LogP contribution in [-0.4, -0.2) is 37.5 Å². The molecule has 0 spiro atoms. The van der Waals surface area contributed by atoms with E-state index in [2.05, 4.69) is 20.6 Å². The minimum Gasteiger partial charge on any atom is -0.334 e. The fourth-order valence-corrected chi connectivity index (χ4v) is 3.65. The van der Waals surface area contributed by atoms with Gasteiger partial charge in [0.2, 0.25) is 0 Å². The second kappa shape index (κ2) is 7.72. The normalized spacial score (nSPS) is 18.2. The first-order valence-corrected chi connectivity index (χ1v) is 9.17. The van der Waals surface area contributed by atoms with E-state index in [1.54, 1.807) is 0 Å². The van der Waals surface area contributed by atoms with Crippen LogP contribution < -0.4 is 5.32 Å². The second-order valence-electron chi connectivity index (χ2n) is 6.77. The van der Waals surface area contributed by atoms with Gasteiger partial charge in [-0.3, -0.25) is 9.78 Å². The molecule has 2 aromatic rings. The maximum Gasteiger partial charge on any atom is 0.318 e. The number of hydrogen-bond acceptors (Lipinski definition) is 3. The van der Waals surface area contributed by atoms with Gasteiger partial charge in [-0.15, -0.1) is 0 Å². The van der Waals surface area contributed by atoms with Gasteiger partial charge in [-0.25, -0.2) is 4.79 Å². The first-order valence-electron chi connectivity index (χ1n) is 9.17. The molecule has 136 valence electrons. The lowest BCUT2D eigenvalue weighted by Gasteiger charge is -2.30. The Bertz CT molecular complexity index is 699. The van der Waals surface area contributed by atoms with Crippen molar-refractivity contribution in [3.63, 3.8) is 0 Å². The summed E-state index contributed by atoms with van der Waals surface area (Å²) in [5.41, 5.74) is 4.26. The molecule has 1 aliphatic rings. The predicted molar refractivity (Wildman–Crippen MR) is 96.1 cm³/mol. The summed E-state index contributed by atoms with van der Waals surface area (Å²) < 4.78 is 1.87. The number of H-pyrrole nitrogens is 1. The summed E-state index contributed by atoms with van der Waals surface area (Å²) >= 11 is 0. The van der Waals surface area contributed by atoms with Crippen molar-refractivity contribution in [3.8, 4) is 0 Å². The number of aromatic nitrogens is 4. The maximum atomic E-state index is 12.9. The Kier molecular flexibility index (Phi) is 5.40. The highest BCUT2D eigenvalue weighted by Gasteiger charge is 2.30. The summed E-state index contributed by atoms with van der Waals surface area (Å²) in [6.45, 7) is 8.22. The number of likely N-dealkylation sites (tertiary alicyclic amines) is 1. The molecule has 3 rings (SSSR count). The van der Waals surface area contributed by atoms with Gasteiger partial charge in [0, 0.05) is 42.7 Å². The van der Waals surface area contributed by atoms with Gasteiger partial charge < -0.3 is 10.2 Å². The van der Waals surface area contributed by atoms with E-state index < -0.39 is 0 Å². The summed E-state index contributed by atoms with van der Waals surface area (Å²) in [5, 5.41) is 14.7. The van der Waals surface area contributed by atoms with Crippen LogP contribution in [0.4, 0.5) is 4.79 Å². The molecular weight excluding hydrogens is 316 g/mol. The number of urea groups is 1. The lowest BCUT2D eigenvalue weighted by molar-refractivity contribution is 0.175. The second-order valence-corrected chi connectivity index (χ2v) is 6.77. The number of amides is 2. The number of rotatable bonds is 4. The molecule has 2 amide bonds. The van der Waals surface area contributed by atoms with Crippen molar-refractivity contribution in [1.29, 1.82) is 0 Å². The van der Waals surface area contributed by atoms with Gasteiger partial charge in [0.25, 0.3) is 0 Å². The van der Waals surface area contributed by atoms with Gasteiger partial charge in [-0.2, -0.15) is 10.2 Å². The number of aromatic amines is 1. The molecule has 7 nitrogen and oxygen atoms in total. The van der Waals surface area contributed by atoms with E-state index in [0.29, 0.717) is 6.54 Å². The van der Waals surface area contributed by atoms with Crippen LogP contribution in [0.2, 0.25) is 0 Å². The Labute approximate surface area is 148 Å². The zero-order chi connectivity index (χ0) is 17.8. The molecular formula is C18H28N6O. The van der Waals surface area contributed by atoms with Crippen LogP contribution in [0, 0.1) is 13.8 Å². The molecule has 0 bridgehead atoms. The van der Waals surface area contributed by atoms with Gasteiger partial charge in [0.1, 0.15) is 0 Å². The minimum atomic E-state index is -0.00357. The zero-order valence-electron chi connectivity index (χ0n) is 15.4. The van der Waals surface area contributed by atoms with Crippen LogP contribution in [-0.2, 0) is 13.1 Å². The first kappa shape index (κ1) is 17.5. The average molecular weight is 344 g/mol. The third-order valence-corrected chi connectivity index (χ3v) is 4.99. The highest BCUT2D eigenvalue weighted by Crippen LogP contribution is 2.33. The molecule has 0 radical (unpaired) electrons. The zero-order valence-corrected chi connectivity index (χ0v) is 15.4. The van der Waals surface area contributed by atoms with Crippen LogP contribution >= 0.6 is 0 Å². The Balaban J connectivity index is 1.73. The molecule has 1 unspecified atom stereocenters. The third-order valence-electron chi connectivity index (χ3n) is 4.99. The van der Waals surface area contributed by atoms with Crippen LogP contribution in [0.15, 0.2) is 12.4 Å². The van der Waals surface area contributed by atoms with Gasteiger partial charge in [0.05, 0.1) is 17.9 Å². The van der Waals surface area contributed by atoms with Crippen molar-refractivity contribution >= 4 is 6.03 Å². The van der Waals surface area contributed by atoms with Crippen molar-refractivity contribution in [2.24, 2.45) is 0 Å². The quantitative estimate of drug-likeness (QED) is 0.894. The van der Waals surface area contributed by atoms with Crippen LogP contribution in [0.3, 0.4) is 0 Å². The smallest absolute Gasteiger partial charge is 0.318 e. The van der Waals surface area contributed by atoms with E-state index in [1.807, 2.05) is 42.7 Å². The van der Waals surface area contributed by atoms with E-state index in [-0.39, 0.29) is 12.1 Å². The number of aryl methyl sites for hydroxylation is 3. The van der Waals surface area contributed by atoms with E-state index >= 15 is 0 Å². The Morgan fingerprint density at radius 3 is 2.88 bits per heavy atom. The summed E-state index contributed by atoms with van der Waals surface area (Å²) in [4.78, 5) is 14.9. The van der Waals surface area contributed by atoms with Gasteiger partial charge in [0.15, 0.2) is 0 Å². The van der Waals surface area contributed by atoms with Crippen molar-refractivity contribution in [3.05, 3.63) is 34.9 Å². The predicted octanol–water partition coefficient (Wildman–Crippen LogP) is 3.07. The largest absolute Gasteiger partial charge is 0.334 e.